The molecule has 7 heteroatoms. The molecule has 0 radical (unpaired) electrons. The van der Waals surface area contributed by atoms with Crippen LogP contribution in [0.15, 0.2) is 59.3 Å². The quantitative estimate of drug-likeness (QED) is 0.501. The van der Waals surface area contributed by atoms with E-state index in [-0.39, 0.29) is 17.3 Å². The Balaban J connectivity index is 1.81. The molecule has 0 aliphatic carbocycles. The smallest absolute Gasteiger partial charge is 0.262 e. The van der Waals surface area contributed by atoms with Crippen molar-refractivity contribution in [3.05, 3.63) is 66.4 Å². The monoisotopic (exact) mass is 366 g/mol. The Bertz CT molecular complexity index is 1070. The first-order valence-corrected chi connectivity index (χ1v) is 8.58. The van der Waals surface area contributed by atoms with Crippen LogP contribution in [0.25, 0.3) is 34.1 Å². The summed E-state index contributed by atoms with van der Waals surface area (Å²) in [6, 6.07) is 12.9. The molecule has 0 spiro atoms. The van der Waals surface area contributed by atoms with Crippen LogP contribution in [0.2, 0.25) is 0 Å². The van der Waals surface area contributed by atoms with E-state index < -0.39 is 11.6 Å². The predicted molar refractivity (Wildman–Crippen MR) is 96.6 cm³/mol. The fourth-order valence-corrected chi connectivity index (χ4v) is 2.93. The maximum atomic E-state index is 14.0. The Hall–Kier alpha value is -3.35. The van der Waals surface area contributed by atoms with Crippen LogP contribution < -0.4 is 0 Å². The van der Waals surface area contributed by atoms with E-state index in [0.29, 0.717) is 5.56 Å². The van der Waals surface area contributed by atoms with Crippen LogP contribution in [0, 0.1) is 11.6 Å². The molecule has 0 aliphatic rings. The van der Waals surface area contributed by atoms with Crippen molar-refractivity contribution in [2.45, 2.75) is 19.9 Å². The van der Waals surface area contributed by atoms with E-state index in [9.17, 15) is 8.78 Å². The summed E-state index contributed by atoms with van der Waals surface area (Å²) < 4.78 is 34.7. The van der Waals surface area contributed by atoms with Crippen LogP contribution in [0.3, 0.4) is 0 Å². The Labute approximate surface area is 154 Å². The molecule has 0 atom stereocenters. The zero-order valence-electron chi connectivity index (χ0n) is 14.6. The number of aromatic nitrogens is 4. The highest BCUT2D eigenvalue weighted by atomic mass is 19.1. The summed E-state index contributed by atoms with van der Waals surface area (Å²) in [5, 5.41) is 8.25. The van der Waals surface area contributed by atoms with Gasteiger partial charge in [-0.05, 0) is 24.6 Å². The van der Waals surface area contributed by atoms with Crippen LogP contribution >= 0.6 is 0 Å². The minimum absolute atomic E-state index is 0.00995. The third kappa shape index (κ3) is 3.23. The summed E-state index contributed by atoms with van der Waals surface area (Å²) >= 11 is 0. The van der Waals surface area contributed by atoms with Crippen LogP contribution in [-0.2, 0) is 6.54 Å². The minimum atomic E-state index is -0.617. The number of hydrogen-bond donors (Lipinski definition) is 0. The van der Waals surface area contributed by atoms with E-state index in [2.05, 4.69) is 22.2 Å². The molecular formula is C20H16F2N4O. The third-order valence-electron chi connectivity index (χ3n) is 4.15. The fourth-order valence-electron chi connectivity index (χ4n) is 2.93. The van der Waals surface area contributed by atoms with Crippen molar-refractivity contribution >= 4 is 0 Å². The molecule has 4 rings (SSSR count). The second kappa shape index (κ2) is 7.11. The Morgan fingerprint density at radius 3 is 2.63 bits per heavy atom. The summed E-state index contributed by atoms with van der Waals surface area (Å²) in [4.78, 5) is 4.27. The molecule has 5 nitrogen and oxygen atoms in total. The topological polar surface area (TPSA) is 56.7 Å². The lowest BCUT2D eigenvalue weighted by atomic mass is 10.1. The normalized spacial score (nSPS) is 11.1. The van der Waals surface area contributed by atoms with Crippen LogP contribution in [0.4, 0.5) is 8.78 Å². The highest BCUT2D eigenvalue weighted by Gasteiger charge is 2.21. The molecule has 27 heavy (non-hydrogen) atoms. The van der Waals surface area contributed by atoms with E-state index in [1.54, 1.807) is 6.20 Å². The lowest BCUT2D eigenvalue weighted by molar-refractivity contribution is 0.432. The van der Waals surface area contributed by atoms with E-state index in [4.69, 9.17) is 4.52 Å². The number of aryl methyl sites for hydroxylation is 1. The lowest BCUT2D eigenvalue weighted by Gasteiger charge is -2.07. The average Bonchev–Trinajstić information content (AvgIpc) is 3.32. The van der Waals surface area contributed by atoms with E-state index in [0.717, 1.165) is 42.4 Å². The summed E-state index contributed by atoms with van der Waals surface area (Å²) in [6.45, 7) is 2.79. The van der Waals surface area contributed by atoms with Gasteiger partial charge in [-0.2, -0.15) is 10.1 Å². The zero-order valence-corrected chi connectivity index (χ0v) is 14.6. The maximum Gasteiger partial charge on any atom is 0.262 e. The molecule has 0 saturated carbocycles. The molecule has 0 saturated heterocycles. The Kier molecular flexibility index (Phi) is 4.50. The number of nitrogens with zero attached hydrogens (tertiary/aromatic N) is 4. The van der Waals surface area contributed by atoms with Crippen LogP contribution in [0.1, 0.15) is 13.3 Å². The molecule has 2 aromatic carbocycles. The predicted octanol–water partition coefficient (Wildman–Crippen LogP) is 4.96. The van der Waals surface area contributed by atoms with Gasteiger partial charge in [-0.3, -0.25) is 4.68 Å². The van der Waals surface area contributed by atoms with Gasteiger partial charge >= 0.3 is 0 Å². The van der Waals surface area contributed by atoms with Gasteiger partial charge in [-0.15, -0.1) is 0 Å². The molecule has 0 bridgehead atoms. The highest BCUT2D eigenvalue weighted by Crippen LogP contribution is 2.32. The van der Waals surface area contributed by atoms with Gasteiger partial charge < -0.3 is 4.52 Å². The molecule has 2 aromatic heterocycles. The van der Waals surface area contributed by atoms with E-state index in [1.165, 1.54) is 0 Å². The lowest BCUT2D eigenvalue weighted by Crippen LogP contribution is -2.01. The molecule has 0 aliphatic heterocycles. The van der Waals surface area contributed by atoms with Crippen molar-refractivity contribution in [1.82, 2.24) is 19.9 Å². The van der Waals surface area contributed by atoms with Crippen molar-refractivity contribution in [3.63, 3.8) is 0 Å². The van der Waals surface area contributed by atoms with Gasteiger partial charge in [0.05, 0.1) is 23.0 Å². The number of halogens is 2. The van der Waals surface area contributed by atoms with Crippen molar-refractivity contribution in [2.24, 2.45) is 0 Å². The van der Waals surface area contributed by atoms with Crippen molar-refractivity contribution < 1.29 is 13.3 Å². The van der Waals surface area contributed by atoms with E-state index in [1.807, 2.05) is 35.0 Å². The largest absolute Gasteiger partial charge is 0.333 e. The summed E-state index contributed by atoms with van der Waals surface area (Å²) in [5.41, 5.74) is 2.39. The SMILES string of the molecule is CCCn1ncc(-c2nc(-c3cc(F)ccc3F)no2)c1-c1ccccc1. The first-order valence-electron chi connectivity index (χ1n) is 8.58. The molecule has 0 unspecified atom stereocenters. The first-order chi connectivity index (χ1) is 13.2. The van der Waals surface area contributed by atoms with Crippen molar-refractivity contribution in [2.75, 3.05) is 0 Å². The average molecular weight is 366 g/mol. The zero-order chi connectivity index (χ0) is 18.8. The molecule has 0 amide bonds. The Morgan fingerprint density at radius 2 is 1.85 bits per heavy atom. The van der Waals surface area contributed by atoms with Gasteiger partial charge in [0.1, 0.15) is 11.6 Å². The van der Waals surface area contributed by atoms with Crippen LogP contribution in [0.5, 0.6) is 0 Å². The molecule has 4 aromatic rings. The molecule has 0 fully saturated rings. The highest BCUT2D eigenvalue weighted by molar-refractivity contribution is 5.77. The van der Waals surface area contributed by atoms with Gasteiger partial charge in [0, 0.05) is 12.1 Å². The number of benzene rings is 2. The van der Waals surface area contributed by atoms with E-state index >= 15 is 0 Å². The minimum Gasteiger partial charge on any atom is -0.333 e. The second-order valence-electron chi connectivity index (χ2n) is 6.04. The van der Waals surface area contributed by atoms with Gasteiger partial charge in [0.15, 0.2) is 0 Å². The maximum absolute atomic E-state index is 14.0. The van der Waals surface area contributed by atoms with Gasteiger partial charge in [-0.1, -0.05) is 42.4 Å². The summed E-state index contributed by atoms with van der Waals surface area (Å²) in [6.07, 6.45) is 2.56. The molecular weight excluding hydrogens is 350 g/mol. The van der Waals surface area contributed by atoms with Crippen molar-refractivity contribution in [3.8, 4) is 34.1 Å². The van der Waals surface area contributed by atoms with Crippen molar-refractivity contribution in [1.29, 1.82) is 0 Å². The van der Waals surface area contributed by atoms with Gasteiger partial charge in [0.2, 0.25) is 5.82 Å². The molecule has 0 N–H and O–H groups in total. The third-order valence-corrected chi connectivity index (χ3v) is 4.15. The van der Waals surface area contributed by atoms with Crippen LogP contribution in [-0.4, -0.2) is 19.9 Å². The van der Waals surface area contributed by atoms with Gasteiger partial charge in [0.25, 0.3) is 5.89 Å². The van der Waals surface area contributed by atoms with Gasteiger partial charge in [-0.25, -0.2) is 8.78 Å². The first kappa shape index (κ1) is 17.1. The molecule has 2 heterocycles. The standard InChI is InChI=1S/C20H16F2N4O/c1-2-10-26-18(13-6-4-3-5-7-13)16(12-23-26)20-24-19(25-27-20)15-11-14(21)8-9-17(15)22/h3-9,11-12H,2,10H2,1H3. The Morgan fingerprint density at radius 1 is 1.04 bits per heavy atom. The summed E-state index contributed by atoms with van der Waals surface area (Å²) in [7, 11) is 0. The number of rotatable bonds is 5. The molecule has 136 valence electrons. The fraction of sp³-hybridized carbons (Fsp3) is 0.150. The number of hydrogen-bond acceptors (Lipinski definition) is 4. The second-order valence-corrected chi connectivity index (χ2v) is 6.04. The summed E-state index contributed by atoms with van der Waals surface area (Å²) in [5.74, 6) is -0.994.